The monoisotopic (exact) mass is 321 g/mol. The smallest absolute Gasteiger partial charge is 0.323 e. The van der Waals surface area contributed by atoms with Gasteiger partial charge in [-0.05, 0) is 25.7 Å². The van der Waals surface area contributed by atoms with E-state index in [9.17, 15) is 14.0 Å². The van der Waals surface area contributed by atoms with Crippen molar-refractivity contribution < 1.29 is 13.9 Å². The lowest BCUT2D eigenvalue weighted by Crippen LogP contribution is -2.40. The topological polar surface area (TPSA) is 113 Å². The van der Waals surface area contributed by atoms with Crippen LogP contribution >= 0.6 is 0 Å². The second kappa shape index (κ2) is 6.59. The van der Waals surface area contributed by atoms with Crippen molar-refractivity contribution in [2.45, 2.75) is 37.8 Å². The number of carbonyl (C=O) groups is 1. The fourth-order valence-corrected chi connectivity index (χ4v) is 2.55. The molecule has 9 heteroatoms. The van der Waals surface area contributed by atoms with Gasteiger partial charge in [0.25, 0.3) is 5.91 Å². The van der Waals surface area contributed by atoms with Crippen LogP contribution in [0.3, 0.4) is 0 Å². The number of nitrogens with zero attached hydrogens (tertiary/aromatic N) is 2. The molecule has 3 rings (SSSR count). The molecule has 2 aromatic rings. The highest BCUT2D eigenvalue weighted by atomic mass is 19.1. The van der Waals surface area contributed by atoms with E-state index in [1.54, 1.807) is 0 Å². The second-order valence-electron chi connectivity index (χ2n) is 5.41. The number of hydrogen-bond acceptors (Lipinski definition) is 5. The van der Waals surface area contributed by atoms with Crippen molar-refractivity contribution in [2.75, 3.05) is 0 Å². The van der Waals surface area contributed by atoms with Gasteiger partial charge in [0.2, 0.25) is 0 Å². The molecule has 0 aromatic carbocycles. The number of hydrogen-bond donors (Lipinski definition) is 3. The number of rotatable bonds is 4. The predicted molar refractivity (Wildman–Crippen MR) is 77.5 cm³/mol. The van der Waals surface area contributed by atoms with Crippen molar-refractivity contribution in [1.82, 2.24) is 25.3 Å². The average Bonchev–Trinajstić information content (AvgIpc) is 2.98. The zero-order valence-corrected chi connectivity index (χ0v) is 12.2. The number of halogens is 1. The molecule has 8 nitrogen and oxygen atoms in total. The lowest BCUT2D eigenvalue weighted by molar-refractivity contribution is 0.0880. The summed E-state index contributed by atoms with van der Waals surface area (Å²) >= 11 is 0. The molecule has 1 amide bonds. The Morgan fingerprint density at radius 1 is 1.26 bits per heavy atom. The van der Waals surface area contributed by atoms with E-state index in [1.165, 1.54) is 6.20 Å². The van der Waals surface area contributed by atoms with E-state index in [-0.39, 0.29) is 29.8 Å². The molecule has 1 aliphatic carbocycles. The van der Waals surface area contributed by atoms with Gasteiger partial charge in [-0.25, -0.2) is 19.2 Å². The Morgan fingerprint density at radius 2 is 1.96 bits per heavy atom. The highest BCUT2D eigenvalue weighted by molar-refractivity contribution is 5.92. The predicted octanol–water partition coefficient (Wildman–Crippen LogP) is 0.752. The van der Waals surface area contributed by atoms with Gasteiger partial charge in [-0.2, -0.15) is 0 Å². The number of nitrogens with one attached hydrogen (secondary N) is 3. The summed E-state index contributed by atoms with van der Waals surface area (Å²) in [6, 6.07) is 0.179. The first-order chi connectivity index (χ1) is 11.1. The quantitative estimate of drug-likeness (QED) is 0.769. The molecule has 0 saturated heterocycles. The molecule has 23 heavy (non-hydrogen) atoms. The molecule has 1 fully saturated rings. The van der Waals surface area contributed by atoms with Gasteiger partial charge in [-0.3, -0.25) is 4.79 Å². The van der Waals surface area contributed by atoms with Crippen molar-refractivity contribution >= 4 is 5.91 Å². The number of aromatic nitrogens is 4. The Bertz CT molecular complexity index is 719. The first kappa shape index (κ1) is 15.2. The van der Waals surface area contributed by atoms with Gasteiger partial charge < -0.3 is 20.0 Å². The van der Waals surface area contributed by atoms with Crippen LogP contribution in [0.4, 0.5) is 4.39 Å². The van der Waals surface area contributed by atoms with Crippen LogP contribution < -0.4 is 15.7 Å². The molecule has 2 aromatic heterocycles. The van der Waals surface area contributed by atoms with Crippen molar-refractivity contribution in [1.29, 1.82) is 0 Å². The summed E-state index contributed by atoms with van der Waals surface area (Å²) in [7, 11) is 0. The lowest BCUT2D eigenvalue weighted by atomic mass is 9.93. The Labute approximate surface area is 130 Å². The van der Waals surface area contributed by atoms with E-state index < -0.39 is 11.5 Å². The minimum absolute atomic E-state index is 0.0230. The van der Waals surface area contributed by atoms with Crippen LogP contribution in [0.1, 0.15) is 36.2 Å². The van der Waals surface area contributed by atoms with E-state index in [0.29, 0.717) is 0 Å². The molecule has 0 unspecified atom stereocenters. The maximum atomic E-state index is 12.7. The Hall–Kier alpha value is -2.71. The SMILES string of the molecule is O=C(NC1CCC(Oc2ncc(F)cn2)CC1)c1c[nH]c(=O)[nH]1. The first-order valence-corrected chi connectivity index (χ1v) is 7.33. The van der Waals surface area contributed by atoms with Crippen molar-refractivity contribution in [3.8, 4) is 6.01 Å². The molecule has 122 valence electrons. The van der Waals surface area contributed by atoms with Crippen LogP contribution in [-0.4, -0.2) is 38.0 Å². The van der Waals surface area contributed by atoms with Gasteiger partial charge in [0.05, 0.1) is 12.4 Å². The van der Waals surface area contributed by atoms with Crippen molar-refractivity contribution in [3.05, 3.63) is 40.6 Å². The zero-order valence-electron chi connectivity index (χ0n) is 12.2. The van der Waals surface area contributed by atoms with Gasteiger partial charge in [-0.1, -0.05) is 0 Å². The third-order valence-corrected chi connectivity index (χ3v) is 3.72. The van der Waals surface area contributed by atoms with Gasteiger partial charge in [0.1, 0.15) is 11.8 Å². The van der Waals surface area contributed by atoms with E-state index >= 15 is 0 Å². The van der Waals surface area contributed by atoms with Gasteiger partial charge in [0, 0.05) is 12.2 Å². The third kappa shape index (κ3) is 3.93. The molecular weight excluding hydrogens is 305 g/mol. The van der Waals surface area contributed by atoms with E-state index in [1.807, 2.05) is 0 Å². The maximum absolute atomic E-state index is 12.7. The van der Waals surface area contributed by atoms with Crippen LogP contribution in [-0.2, 0) is 0 Å². The van der Waals surface area contributed by atoms with E-state index in [0.717, 1.165) is 38.1 Å². The number of ether oxygens (including phenoxy) is 1. The van der Waals surface area contributed by atoms with Gasteiger partial charge in [0.15, 0.2) is 5.82 Å². The minimum Gasteiger partial charge on any atom is -0.460 e. The summed E-state index contributed by atoms with van der Waals surface area (Å²) in [4.78, 5) is 35.3. The fraction of sp³-hybridized carbons (Fsp3) is 0.429. The maximum Gasteiger partial charge on any atom is 0.323 e. The summed E-state index contributed by atoms with van der Waals surface area (Å²) in [6.45, 7) is 0. The number of carbonyl (C=O) groups excluding carboxylic acids is 1. The highest BCUT2D eigenvalue weighted by Crippen LogP contribution is 2.22. The van der Waals surface area contributed by atoms with E-state index in [4.69, 9.17) is 4.74 Å². The Morgan fingerprint density at radius 3 is 2.57 bits per heavy atom. The molecule has 1 saturated carbocycles. The van der Waals surface area contributed by atoms with Gasteiger partial charge in [-0.15, -0.1) is 0 Å². The summed E-state index contributed by atoms with van der Waals surface area (Å²) in [5.41, 5.74) is -0.195. The van der Waals surface area contributed by atoms with Crippen molar-refractivity contribution in [3.63, 3.8) is 0 Å². The molecule has 0 radical (unpaired) electrons. The molecule has 1 aliphatic rings. The summed E-state index contributed by atoms with van der Waals surface area (Å²) in [6.07, 6.45) is 6.36. The number of aromatic amines is 2. The normalized spacial score (nSPS) is 20.9. The molecule has 0 aliphatic heterocycles. The van der Waals surface area contributed by atoms with Gasteiger partial charge >= 0.3 is 11.7 Å². The number of H-pyrrole nitrogens is 2. The molecule has 0 spiro atoms. The molecule has 2 heterocycles. The largest absolute Gasteiger partial charge is 0.460 e. The minimum atomic E-state index is -0.508. The molecular formula is C14H16FN5O3. The molecule has 0 bridgehead atoms. The standard InChI is InChI=1S/C14H16FN5O3/c15-8-5-17-14(18-6-8)23-10-3-1-9(2-4-10)19-12(21)11-7-16-13(22)20-11/h5-7,9-10H,1-4H2,(H,19,21)(H2,16,20,22). The van der Waals surface area contributed by atoms with Crippen LogP contribution in [0.2, 0.25) is 0 Å². The van der Waals surface area contributed by atoms with Crippen LogP contribution in [0.5, 0.6) is 6.01 Å². The van der Waals surface area contributed by atoms with Crippen molar-refractivity contribution in [2.24, 2.45) is 0 Å². The first-order valence-electron chi connectivity index (χ1n) is 7.33. The van der Waals surface area contributed by atoms with E-state index in [2.05, 4.69) is 25.3 Å². The second-order valence-corrected chi connectivity index (χ2v) is 5.41. The molecule has 0 atom stereocenters. The van der Waals surface area contributed by atoms with Crippen LogP contribution in [0.15, 0.2) is 23.4 Å². The summed E-state index contributed by atoms with van der Waals surface area (Å²) in [5.74, 6) is -0.818. The summed E-state index contributed by atoms with van der Waals surface area (Å²) in [5, 5.41) is 2.87. The van der Waals surface area contributed by atoms with Crippen LogP contribution in [0.25, 0.3) is 0 Å². The number of imidazole rings is 1. The molecule has 3 N–H and O–H groups in total. The lowest BCUT2D eigenvalue weighted by Gasteiger charge is -2.28. The highest BCUT2D eigenvalue weighted by Gasteiger charge is 2.24. The summed E-state index contributed by atoms with van der Waals surface area (Å²) < 4.78 is 18.3. The number of amides is 1. The Kier molecular flexibility index (Phi) is 4.35. The average molecular weight is 321 g/mol. The fourth-order valence-electron chi connectivity index (χ4n) is 2.55. The Balaban J connectivity index is 1.47. The van der Waals surface area contributed by atoms with Crippen LogP contribution in [0, 0.1) is 5.82 Å². The zero-order chi connectivity index (χ0) is 16.2. The third-order valence-electron chi connectivity index (χ3n) is 3.72.